The molecule has 0 radical (unpaired) electrons. The van der Waals surface area contributed by atoms with Crippen molar-refractivity contribution >= 4 is 15.8 Å². The van der Waals surface area contributed by atoms with Crippen molar-refractivity contribution in [3.05, 3.63) is 59.8 Å². The van der Waals surface area contributed by atoms with Gasteiger partial charge in [0.15, 0.2) is 0 Å². The van der Waals surface area contributed by atoms with Crippen molar-refractivity contribution in [1.29, 1.82) is 0 Å². The maximum atomic E-state index is 13.1. The molecule has 29 heavy (non-hydrogen) atoms. The van der Waals surface area contributed by atoms with E-state index in [-0.39, 0.29) is 15.7 Å². The summed E-state index contributed by atoms with van der Waals surface area (Å²) < 4.78 is 38.5. The van der Waals surface area contributed by atoms with Gasteiger partial charge in [0.2, 0.25) is 15.7 Å². The van der Waals surface area contributed by atoms with E-state index in [1.54, 1.807) is 55.5 Å². The van der Waals surface area contributed by atoms with Crippen LogP contribution < -0.4 is 4.74 Å². The van der Waals surface area contributed by atoms with E-state index in [1.807, 2.05) is 4.57 Å². The monoisotopic (exact) mass is 412 g/mol. The van der Waals surface area contributed by atoms with Crippen molar-refractivity contribution in [1.82, 2.24) is 9.55 Å². The summed E-state index contributed by atoms with van der Waals surface area (Å²) in [5, 5.41) is 0. The average molecular weight is 412 g/mol. The summed E-state index contributed by atoms with van der Waals surface area (Å²) in [5.41, 5.74) is 2.59. The number of esters is 1. The number of rotatable bonds is 5. The molecule has 0 saturated carbocycles. The Morgan fingerprint density at radius 2 is 1.93 bits per heavy atom. The van der Waals surface area contributed by atoms with Crippen LogP contribution in [0.5, 0.6) is 5.88 Å². The smallest absolute Gasteiger partial charge is 0.354 e. The van der Waals surface area contributed by atoms with E-state index < -0.39 is 15.8 Å². The number of carbonyl (C=O) groups excluding carboxylic acids is 1. The third kappa shape index (κ3) is 3.19. The minimum Gasteiger partial charge on any atom is -0.480 e. The molecule has 3 aromatic rings. The van der Waals surface area contributed by atoms with Crippen LogP contribution in [0, 0.1) is 0 Å². The first kappa shape index (κ1) is 19.2. The fraction of sp³-hybridized carbons (Fsp3) is 0.238. The number of fused-ring (bicyclic) bond motifs is 3. The Morgan fingerprint density at radius 3 is 2.62 bits per heavy atom. The van der Waals surface area contributed by atoms with Crippen LogP contribution in [0.25, 0.3) is 11.4 Å². The van der Waals surface area contributed by atoms with Crippen LogP contribution in [-0.4, -0.2) is 37.7 Å². The molecule has 0 atom stereocenters. The summed E-state index contributed by atoms with van der Waals surface area (Å²) >= 11 is 0. The zero-order chi connectivity index (χ0) is 20.6. The second-order valence-corrected chi connectivity index (χ2v) is 8.46. The van der Waals surface area contributed by atoms with Gasteiger partial charge in [-0.1, -0.05) is 18.2 Å². The van der Waals surface area contributed by atoms with Gasteiger partial charge in [0.25, 0.3) is 0 Å². The third-order valence-electron chi connectivity index (χ3n) is 4.88. The molecule has 1 aliphatic rings. The quantitative estimate of drug-likeness (QED) is 0.599. The number of sulfone groups is 1. The van der Waals surface area contributed by atoms with Gasteiger partial charge in [-0.15, -0.1) is 0 Å². The highest BCUT2D eigenvalue weighted by atomic mass is 32.2. The van der Waals surface area contributed by atoms with E-state index in [0.29, 0.717) is 31.0 Å². The minimum absolute atomic E-state index is 0.0277. The van der Waals surface area contributed by atoms with Crippen LogP contribution in [0.1, 0.15) is 23.0 Å². The van der Waals surface area contributed by atoms with Gasteiger partial charge in [-0.3, -0.25) is 0 Å². The summed E-state index contributed by atoms with van der Waals surface area (Å²) in [6.45, 7) is 2.58. The molecule has 0 saturated heterocycles. The Kier molecular flexibility index (Phi) is 4.87. The number of carbonyl (C=O) groups is 1. The van der Waals surface area contributed by atoms with Crippen LogP contribution in [-0.2, 0) is 27.5 Å². The Bertz CT molecular complexity index is 1180. The molecule has 3 heterocycles. The molecule has 150 valence electrons. The van der Waals surface area contributed by atoms with Crippen molar-refractivity contribution < 1.29 is 22.7 Å². The largest absolute Gasteiger partial charge is 0.480 e. The van der Waals surface area contributed by atoms with E-state index in [9.17, 15) is 13.2 Å². The van der Waals surface area contributed by atoms with E-state index in [0.717, 1.165) is 11.3 Å². The molecule has 0 spiro atoms. The number of methoxy groups -OCH3 is 1. The Morgan fingerprint density at radius 1 is 1.17 bits per heavy atom. The summed E-state index contributed by atoms with van der Waals surface area (Å²) in [5.74, 6) is -0.364. The van der Waals surface area contributed by atoms with Crippen LogP contribution in [0.15, 0.2) is 58.3 Å². The summed E-state index contributed by atoms with van der Waals surface area (Å²) in [4.78, 5) is 16.9. The van der Waals surface area contributed by atoms with Gasteiger partial charge in [0.05, 0.1) is 30.0 Å². The molecule has 2 aromatic heterocycles. The number of nitrogens with zero attached hydrogens (tertiary/aromatic N) is 2. The number of pyridine rings is 1. The van der Waals surface area contributed by atoms with Crippen LogP contribution in [0.3, 0.4) is 0 Å². The normalized spacial score (nSPS) is 12.8. The maximum absolute atomic E-state index is 13.1. The molecule has 1 aliphatic heterocycles. The van der Waals surface area contributed by atoms with Gasteiger partial charge in [0.1, 0.15) is 10.6 Å². The van der Waals surface area contributed by atoms with Gasteiger partial charge in [-0.25, -0.2) is 18.2 Å². The number of hydrogen-bond donors (Lipinski definition) is 0. The maximum Gasteiger partial charge on any atom is 0.354 e. The van der Waals surface area contributed by atoms with Gasteiger partial charge >= 0.3 is 5.97 Å². The van der Waals surface area contributed by atoms with Crippen molar-refractivity contribution in [3.63, 3.8) is 0 Å². The second-order valence-electron chi connectivity index (χ2n) is 6.55. The summed E-state index contributed by atoms with van der Waals surface area (Å²) in [7, 11) is -2.38. The lowest BCUT2D eigenvalue weighted by Gasteiger charge is -2.22. The van der Waals surface area contributed by atoms with E-state index in [1.165, 1.54) is 7.11 Å². The highest BCUT2D eigenvalue weighted by molar-refractivity contribution is 7.91. The van der Waals surface area contributed by atoms with Crippen molar-refractivity contribution in [3.8, 4) is 17.3 Å². The number of aryl methyl sites for hydroxylation is 1. The molecule has 0 fully saturated rings. The standard InChI is InChI=1S/C21H20N2O5S/c1-3-28-21(24)17-10-9-16-19-14(11-12-23(16)17)13-18(20(22-19)27-2)29(25,26)15-7-5-4-6-8-15/h4-10,13H,3,11-12H2,1-2H3. The fourth-order valence-electron chi connectivity index (χ4n) is 3.53. The van der Waals surface area contributed by atoms with E-state index in [4.69, 9.17) is 9.47 Å². The SMILES string of the molecule is CCOC(=O)c1ccc2n1CCc1cc(S(=O)(=O)c3ccccc3)c(OC)nc1-2. The average Bonchev–Trinajstić information content (AvgIpc) is 3.18. The molecule has 0 bridgehead atoms. The zero-order valence-corrected chi connectivity index (χ0v) is 16.9. The van der Waals surface area contributed by atoms with Crippen LogP contribution >= 0.6 is 0 Å². The molecule has 0 unspecified atom stereocenters. The number of hydrogen-bond acceptors (Lipinski definition) is 6. The number of benzene rings is 1. The summed E-state index contributed by atoms with van der Waals surface area (Å²) in [6, 6.07) is 13.3. The zero-order valence-electron chi connectivity index (χ0n) is 16.1. The first-order valence-corrected chi connectivity index (χ1v) is 10.7. The first-order valence-electron chi connectivity index (χ1n) is 9.22. The number of aromatic nitrogens is 2. The van der Waals surface area contributed by atoms with Gasteiger partial charge in [0, 0.05) is 6.54 Å². The molecular formula is C21H20N2O5S. The van der Waals surface area contributed by atoms with Gasteiger partial charge in [-0.05, 0) is 49.2 Å². The Labute approximate surface area is 168 Å². The van der Waals surface area contributed by atoms with Crippen molar-refractivity contribution in [2.75, 3.05) is 13.7 Å². The van der Waals surface area contributed by atoms with Crippen molar-refractivity contribution in [2.24, 2.45) is 0 Å². The predicted octanol–water partition coefficient (Wildman–Crippen LogP) is 3.12. The van der Waals surface area contributed by atoms with E-state index in [2.05, 4.69) is 4.98 Å². The Hall–Kier alpha value is -3.13. The molecule has 0 amide bonds. The lowest BCUT2D eigenvalue weighted by Crippen LogP contribution is -2.19. The highest BCUT2D eigenvalue weighted by Crippen LogP contribution is 2.36. The fourth-order valence-corrected chi connectivity index (χ4v) is 4.95. The van der Waals surface area contributed by atoms with Crippen LogP contribution in [0.2, 0.25) is 0 Å². The second kappa shape index (κ2) is 7.36. The topological polar surface area (TPSA) is 87.5 Å². The Balaban J connectivity index is 1.84. The molecule has 7 nitrogen and oxygen atoms in total. The molecule has 0 N–H and O–H groups in total. The molecule has 8 heteroatoms. The summed E-state index contributed by atoms with van der Waals surface area (Å²) in [6.07, 6.45) is 0.539. The molecular weight excluding hydrogens is 392 g/mol. The first-order chi connectivity index (χ1) is 14.0. The van der Waals surface area contributed by atoms with Crippen molar-refractivity contribution in [2.45, 2.75) is 29.7 Å². The van der Waals surface area contributed by atoms with Gasteiger partial charge < -0.3 is 14.0 Å². The minimum atomic E-state index is -3.78. The lowest BCUT2D eigenvalue weighted by atomic mass is 10.0. The predicted molar refractivity (Wildman–Crippen MR) is 106 cm³/mol. The molecule has 1 aromatic carbocycles. The third-order valence-corrected chi connectivity index (χ3v) is 6.65. The van der Waals surface area contributed by atoms with Crippen LogP contribution in [0.4, 0.5) is 0 Å². The lowest BCUT2D eigenvalue weighted by molar-refractivity contribution is 0.0514. The van der Waals surface area contributed by atoms with E-state index >= 15 is 0 Å². The molecule has 4 rings (SSSR count). The molecule has 0 aliphatic carbocycles. The number of ether oxygens (including phenoxy) is 2. The highest BCUT2D eigenvalue weighted by Gasteiger charge is 2.29. The van der Waals surface area contributed by atoms with Gasteiger partial charge in [-0.2, -0.15) is 0 Å².